The van der Waals surface area contributed by atoms with Crippen LogP contribution in [0.25, 0.3) is 10.8 Å². The zero-order valence-corrected chi connectivity index (χ0v) is 12.7. The third kappa shape index (κ3) is 4.88. The van der Waals surface area contributed by atoms with Crippen molar-refractivity contribution < 1.29 is 0 Å². The predicted molar refractivity (Wildman–Crippen MR) is 90.4 cm³/mol. The lowest BCUT2D eigenvalue weighted by Gasteiger charge is -2.07. The zero-order valence-electron chi connectivity index (χ0n) is 12.7. The van der Waals surface area contributed by atoms with E-state index in [-0.39, 0.29) is 0 Å². The van der Waals surface area contributed by atoms with Crippen molar-refractivity contribution >= 4 is 16.5 Å². The molecule has 0 bridgehead atoms. The molecule has 0 aliphatic carbocycles. The van der Waals surface area contributed by atoms with Crippen LogP contribution in [0, 0.1) is 0 Å². The van der Waals surface area contributed by atoms with Crippen LogP contribution in [0.3, 0.4) is 0 Å². The third-order valence-electron chi connectivity index (χ3n) is 3.86. The second-order valence-corrected chi connectivity index (χ2v) is 5.61. The minimum atomic E-state index is 1.09. The van der Waals surface area contributed by atoms with Crippen molar-refractivity contribution in [2.45, 2.75) is 51.9 Å². The van der Waals surface area contributed by atoms with Crippen LogP contribution in [-0.2, 0) is 0 Å². The number of hydrogen-bond donors (Lipinski definition) is 1. The van der Waals surface area contributed by atoms with E-state index < -0.39 is 0 Å². The summed E-state index contributed by atoms with van der Waals surface area (Å²) < 4.78 is 0. The summed E-state index contributed by atoms with van der Waals surface area (Å²) in [5.41, 5.74) is 1.25. The van der Waals surface area contributed by atoms with Gasteiger partial charge in [0.1, 0.15) is 0 Å². The summed E-state index contributed by atoms with van der Waals surface area (Å²) in [6.45, 7) is 3.36. The van der Waals surface area contributed by atoms with Gasteiger partial charge in [-0.2, -0.15) is 0 Å². The molecule has 0 aliphatic heterocycles. The van der Waals surface area contributed by atoms with Gasteiger partial charge in [-0.3, -0.25) is 0 Å². The highest BCUT2D eigenvalue weighted by Gasteiger charge is 1.96. The maximum atomic E-state index is 3.54. The Morgan fingerprint density at radius 2 is 1.45 bits per heavy atom. The molecule has 0 spiro atoms. The van der Waals surface area contributed by atoms with Crippen molar-refractivity contribution in [2.24, 2.45) is 0 Å². The largest absolute Gasteiger partial charge is 0.385 e. The Bertz CT molecular complexity index is 504. The Morgan fingerprint density at radius 3 is 2.25 bits per heavy atom. The van der Waals surface area contributed by atoms with Gasteiger partial charge in [0.25, 0.3) is 0 Å². The zero-order chi connectivity index (χ0) is 14.0. The topological polar surface area (TPSA) is 12.0 Å². The average molecular weight is 269 g/mol. The smallest absolute Gasteiger partial charge is 0.0346 e. The highest BCUT2D eigenvalue weighted by molar-refractivity contribution is 5.85. The number of benzene rings is 2. The van der Waals surface area contributed by atoms with Crippen LogP contribution in [0.5, 0.6) is 0 Å². The lowest BCUT2D eigenvalue weighted by Crippen LogP contribution is -2.01. The van der Waals surface area contributed by atoms with Gasteiger partial charge in [-0.05, 0) is 29.3 Å². The molecular weight excluding hydrogens is 242 g/mol. The van der Waals surface area contributed by atoms with Crippen LogP contribution in [-0.4, -0.2) is 6.54 Å². The predicted octanol–water partition coefficient (Wildman–Crippen LogP) is 6.00. The normalized spacial score (nSPS) is 10.8. The molecule has 0 saturated carbocycles. The molecule has 0 aromatic heterocycles. The number of fused-ring (bicyclic) bond motifs is 1. The molecule has 0 heterocycles. The molecule has 1 heteroatoms. The Morgan fingerprint density at radius 1 is 0.750 bits per heavy atom. The minimum Gasteiger partial charge on any atom is -0.385 e. The summed E-state index contributed by atoms with van der Waals surface area (Å²) >= 11 is 0. The van der Waals surface area contributed by atoms with Gasteiger partial charge in [0.2, 0.25) is 0 Å². The van der Waals surface area contributed by atoms with Gasteiger partial charge >= 0.3 is 0 Å². The molecule has 0 atom stereocenters. The molecule has 0 fully saturated rings. The van der Waals surface area contributed by atoms with E-state index in [1.807, 2.05) is 0 Å². The summed E-state index contributed by atoms with van der Waals surface area (Å²) in [5.74, 6) is 0. The fraction of sp³-hybridized carbons (Fsp3) is 0.474. The molecule has 2 aromatic carbocycles. The highest BCUT2D eigenvalue weighted by atomic mass is 14.9. The Balaban J connectivity index is 1.65. The summed E-state index contributed by atoms with van der Waals surface area (Å²) in [6, 6.07) is 15.2. The van der Waals surface area contributed by atoms with Crippen LogP contribution >= 0.6 is 0 Å². The molecular formula is C19H27N. The molecule has 0 saturated heterocycles. The molecule has 0 aliphatic rings. The number of hydrogen-bond acceptors (Lipinski definition) is 1. The van der Waals surface area contributed by atoms with E-state index >= 15 is 0 Å². The minimum absolute atomic E-state index is 1.09. The van der Waals surface area contributed by atoms with E-state index in [4.69, 9.17) is 0 Å². The average Bonchev–Trinajstić information content (AvgIpc) is 2.50. The van der Waals surface area contributed by atoms with E-state index in [1.165, 1.54) is 61.4 Å². The number of rotatable bonds is 9. The van der Waals surface area contributed by atoms with Gasteiger partial charge < -0.3 is 5.32 Å². The summed E-state index contributed by atoms with van der Waals surface area (Å²) in [5, 5.41) is 6.17. The molecule has 0 unspecified atom stereocenters. The van der Waals surface area contributed by atoms with Gasteiger partial charge in [-0.15, -0.1) is 0 Å². The first-order valence-corrected chi connectivity index (χ1v) is 8.13. The van der Waals surface area contributed by atoms with Crippen molar-refractivity contribution in [2.75, 3.05) is 11.9 Å². The van der Waals surface area contributed by atoms with Crippen LogP contribution in [0.1, 0.15) is 51.9 Å². The molecule has 2 aromatic rings. The Kier molecular flexibility index (Phi) is 6.43. The second kappa shape index (κ2) is 8.63. The third-order valence-corrected chi connectivity index (χ3v) is 3.86. The quantitative estimate of drug-likeness (QED) is 0.550. The molecule has 1 nitrogen and oxygen atoms in total. The van der Waals surface area contributed by atoms with Gasteiger partial charge in [-0.1, -0.05) is 75.8 Å². The van der Waals surface area contributed by atoms with Crippen LogP contribution in [0.2, 0.25) is 0 Å². The van der Waals surface area contributed by atoms with E-state index in [0.717, 1.165) is 6.54 Å². The first-order valence-electron chi connectivity index (χ1n) is 8.13. The van der Waals surface area contributed by atoms with Gasteiger partial charge in [0.05, 0.1) is 0 Å². The highest BCUT2D eigenvalue weighted by Crippen LogP contribution is 2.18. The van der Waals surface area contributed by atoms with Gasteiger partial charge in [-0.25, -0.2) is 0 Å². The van der Waals surface area contributed by atoms with Crippen LogP contribution in [0.15, 0.2) is 42.5 Å². The van der Waals surface area contributed by atoms with Crippen molar-refractivity contribution in [3.63, 3.8) is 0 Å². The summed E-state index contributed by atoms with van der Waals surface area (Å²) in [6.07, 6.45) is 9.57. The number of unbranched alkanes of at least 4 members (excludes halogenated alkanes) is 6. The number of nitrogens with one attached hydrogen (secondary N) is 1. The van der Waals surface area contributed by atoms with Crippen molar-refractivity contribution in [3.05, 3.63) is 42.5 Å². The molecule has 1 N–H and O–H groups in total. The SMILES string of the molecule is CCCCCCCCCNc1ccc2ccccc2c1. The van der Waals surface area contributed by atoms with E-state index in [0.29, 0.717) is 0 Å². The van der Waals surface area contributed by atoms with E-state index in [9.17, 15) is 0 Å². The van der Waals surface area contributed by atoms with Crippen molar-refractivity contribution in [1.29, 1.82) is 0 Å². The standard InChI is InChI=1S/C19H27N/c1-2-3-4-5-6-7-10-15-20-19-14-13-17-11-8-9-12-18(17)16-19/h8-9,11-14,16,20H,2-7,10,15H2,1H3. The summed E-state index contributed by atoms with van der Waals surface area (Å²) in [4.78, 5) is 0. The summed E-state index contributed by atoms with van der Waals surface area (Å²) in [7, 11) is 0. The lowest BCUT2D eigenvalue weighted by atomic mass is 10.1. The Labute approximate surface area is 123 Å². The monoisotopic (exact) mass is 269 g/mol. The van der Waals surface area contributed by atoms with Crippen LogP contribution in [0.4, 0.5) is 5.69 Å². The van der Waals surface area contributed by atoms with Crippen molar-refractivity contribution in [1.82, 2.24) is 0 Å². The second-order valence-electron chi connectivity index (χ2n) is 5.61. The fourth-order valence-electron chi connectivity index (χ4n) is 2.61. The molecule has 0 radical (unpaired) electrons. The van der Waals surface area contributed by atoms with Crippen LogP contribution < -0.4 is 5.32 Å². The maximum Gasteiger partial charge on any atom is 0.0346 e. The number of anilines is 1. The molecule has 0 amide bonds. The van der Waals surface area contributed by atoms with Crippen molar-refractivity contribution in [3.8, 4) is 0 Å². The fourth-order valence-corrected chi connectivity index (χ4v) is 2.61. The molecule has 20 heavy (non-hydrogen) atoms. The van der Waals surface area contributed by atoms with Gasteiger partial charge in [0.15, 0.2) is 0 Å². The maximum absolute atomic E-state index is 3.54. The molecule has 108 valence electrons. The van der Waals surface area contributed by atoms with E-state index in [2.05, 4.69) is 54.7 Å². The lowest BCUT2D eigenvalue weighted by molar-refractivity contribution is 0.596. The first-order chi connectivity index (χ1) is 9.90. The molecule has 2 rings (SSSR count). The first kappa shape index (κ1) is 14.9. The van der Waals surface area contributed by atoms with E-state index in [1.54, 1.807) is 0 Å². The van der Waals surface area contributed by atoms with Gasteiger partial charge in [0, 0.05) is 12.2 Å². The Hall–Kier alpha value is -1.50.